The first kappa shape index (κ1) is 21.1. The van der Waals surface area contributed by atoms with E-state index in [2.05, 4.69) is 15.2 Å². The van der Waals surface area contributed by atoms with Crippen molar-refractivity contribution in [3.8, 4) is 11.4 Å². The number of aromatic nitrogens is 2. The minimum Gasteiger partial charge on any atom is -0.492 e. The molecule has 0 aliphatic carbocycles. The van der Waals surface area contributed by atoms with Gasteiger partial charge < -0.3 is 14.8 Å². The summed E-state index contributed by atoms with van der Waals surface area (Å²) in [6, 6.07) is 13.9. The molecule has 3 aromatic rings. The predicted octanol–water partition coefficient (Wildman–Crippen LogP) is 3.23. The molecule has 5 rings (SSSR count). The third-order valence-electron chi connectivity index (χ3n) is 5.41. The highest BCUT2D eigenvalue weighted by atomic mass is 32.2. The van der Waals surface area contributed by atoms with Crippen molar-refractivity contribution in [1.82, 2.24) is 19.8 Å². The van der Waals surface area contributed by atoms with E-state index in [1.807, 2.05) is 59.4 Å². The number of imidazole rings is 1. The van der Waals surface area contributed by atoms with Crippen molar-refractivity contribution >= 4 is 51.3 Å². The van der Waals surface area contributed by atoms with Crippen LogP contribution in [0.5, 0.6) is 5.75 Å². The molecule has 7 nitrogen and oxygen atoms in total. The van der Waals surface area contributed by atoms with Crippen molar-refractivity contribution in [2.75, 3.05) is 39.5 Å². The molecule has 0 unspecified atom stereocenters. The van der Waals surface area contributed by atoms with Crippen LogP contribution in [0.2, 0.25) is 0 Å². The van der Waals surface area contributed by atoms with Crippen LogP contribution in [0.1, 0.15) is 5.56 Å². The van der Waals surface area contributed by atoms with Crippen molar-refractivity contribution in [2.45, 2.75) is 0 Å². The fourth-order valence-electron chi connectivity index (χ4n) is 3.71. The Morgan fingerprint density at radius 1 is 1.19 bits per heavy atom. The van der Waals surface area contributed by atoms with E-state index >= 15 is 0 Å². The van der Waals surface area contributed by atoms with Gasteiger partial charge in [0, 0.05) is 25.3 Å². The number of morpholine rings is 1. The topological polar surface area (TPSA) is 68.6 Å². The molecule has 0 radical (unpaired) electrons. The van der Waals surface area contributed by atoms with E-state index in [0.717, 1.165) is 60.9 Å². The minimum absolute atomic E-state index is 0.155. The molecule has 2 aliphatic heterocycles. The summed E-state index contributed by atoms with van der Waals surface area (Å²) < 4.78 is 13.8. The van der Waals surface area contributed by atoms with Crippen LogP contribution in [0.25, 0.3) is 22.8 Å². The number of amides is 1. The molecule has 2 aliphatic rings. The number of rotatable bonds is 6. The molecule has 0 spiro atoms. The zero-order valence-electron chi connectivity index (χ0n) is 17.3. The first-order valence-electron chi connectivity index (χ1n) is 10.4. The minimum atomic E-state index is -0.155. The molecule has 2 fully saturated rings. The summed E-state index contributed by atoms with van der Waals surface area (Å²) in [6.45, 7) is 5.07. The van der Waals surface area contributed by atoms with Crippen molar-refractivity contribution in [2.24, 2.45) is 0 Å². The SMILES string of the molecule is O=C1NC(=S)S/C1=C\c1ccc2ncn(-c3ccc(OCCN4CCOCC4)cc3)c2c1. The fraction of sp³-hybridized carbons (Fsp3) is 0.261. The second-order valence-corrected chi connectivity index (χ2v) is 9.23. The monoisotopic (exact) mass is 466 g/mol. The molecule has 1 aromatic heterocycles. The van der Waals surface area contributed by atoms with Crippen LogP contribution in [-0.4, -0.2) is 64.1 Å². The summed E-state index contributed by atoms with van der Waals surface area (Å²) >= 11 is 6.35. The molecule has 32 heavy (non-hydrogen) atoms. The molecule has 0 saturated carbocycles. The molecule has 0 bridgehead atoms. The molecule has 164 valence electrons. The largest absolute Gasteiger partial charge is 0.492 e. The van der Waals surface area contributed by atoms with Crippen molar-refractivity contribution in [3.05, 3.63) is 59.3 Å². The van der Waals surface area contributed by atoms with Crippen LogP contribution in [0.4, 0.5) is 0 Å². The molecule has 1 N–H and O–H groups in total. The Labute approximate surface area is 195 Å². The van der Waals surface area contributed by atoms with Gasteiger partial charge in [-0.1, -0.05) is 30.0 Å². The van der Waals surface area contributed by atoms with E-state index in [0.29, 0.717) is 15.8 Å². The lowest BCUT2D eigenvalue weighted by atomic mass is 10.1. The lowest BCUT2D eigenvalue weighted by Gasteiger charge is -2.26. The summed E-state index contributed by atoms with van der Waals surface area (Å²) in [6.07, 6.45) is 3.66. The molecule has 2 saturated heterocycles. The highest BCUT2D eigenvalue weighted by molar-refractivity contribution is 8.26. The summed E-state index contributed by atoms with van der Waals surface area (Å²) in [5.74, 6) is 0.690. The first-order valence-corrected chi connectivity index (χ1v) is 11.6. The number of ether oxygens (including phenoxy) is 2. The zero-order chi connectivity index (χ0) is 21.9. The van der Waals surface area contributed by atoms with Gasteiger partial charge in [0.05, 0.1) is 29.2 Å². The predicted molar refractivity (Wildman–Crippen MR) is 130 cm³/mol. The highest BCUT2D eigenvalue weighted by Gasteiger charge is 2.22. The number of hydrogen-bond donors (Lipinski definition) is 1. The van der Waals surface area contributed by atoms with Gasteiger partial charge in [-0.2, -0.15) is 0 Å². The third kappa shape index (κ3) is 4.71. The van der Waals surface area contributed by atoms with Crippen LogP contribution < -0.4 is 10.1 Å². The summed E-state index contributed by atoms with van der Waals surface area (Å²) in [5, 5.41) is 2.64. The van der Waals surface area contributed by atoms with Gasteiger partial charge in [0.15, 0.2) is 0 Å². The van der Waals surface area contributed by atoms with Crippen molar-refractivity contribution < 1.29 is 14.3 Å². The number of nitrogens with zero attached hydrogens (tertiary/aromatic N) is 3. The number of thioether (sulfide) groups is 1. The molecule has 2 aromatic carbocycles. The van der Waals surface area contributed by atoms with Gasteiger partial charge in [0.25, 0.3) is 5.91 Å². The first-order chi connectivity index (χ1) is 15.7. The maximum atomic E-state index is 12.0. The van der Waals surface area contributed by atoms with Gasteiger partial charge in [0.2, 0.25) is 0 Å². The van der Waals surface area contributed by atoms with Gasteiger partial charge >= 0.3 is 0 Å². The van der Waals surface area contributed by atoms with Gasteiger partial charge in [0.1, 0.15) is 23.0 Å². The zero-order valence-corrected chi connectivity index (χ0v) is 19.0. The summed E-state index contributed by atoms with van der Waals surface area (Å²) in [7, 11) is 0. The molecule has 3 heterocycles. The molecule has 1 amide bonds. The smallest absolute Gasteiger partial charge is 0.263 e. The Morgan fingerprint density at radius 3 is 2.75 bits per heavy atom. The second-order valence-electron chi connectivity index (χ2n) is 7.51. The van der Waals surface area contributed by atoms with Crippen molar-refractivity contribution in [3.63, 3.8) is 0 Å². The van der Waals surface area contributed by atoms with Crippen LogP contribution in [0, 0.1) is 0 Å². The number of carbonyl (C=O) groups is 1. The summed E-state index contributed by atoms with van der Waals surface area (Å²) in [4.78, 5) is 19.4. The summed E-state index contributed by atoms with van der Waals surface area (Å²) in [5.41, 5.74) is 3.76. The van der Waals surface area contributed by atoms with E-state index in [1.54, 1.807) is 0 Å². The van der Waals surface area contributed by atoms with Gasteiger partial charge in [-0.15, -0.1) is 0 Å². The second kappa shape index (κ2) is 9.41. The molecular weight excluding hydrogens is 444 g/mol. The maximum Gasteiger partial charge on any atom is 0.263 e. The van der Waals surface area contributed by atoms with E-state index in [-0.39, 0.29) is 5.91 Å². The standard InChI is InChI=1S/C23H22N4O3S2/c28-22-21(32-23(31)25-22)14-16-1-6-19-20(13-16)27(15-24-19)17-2-4-18(5-3-17)30-12-9-26-7-10-29-11-8-26/h1-6,13-15H,7-12H2,(H,25,28,31)/b21-14-. The lowest BCUT2D eigenvalue weighted by molar-refractivity contribution is -0.115. The molecule has 0 atom stereocenters. The Balaban J connectivity index is 1.30. The van der Waals surface area contributed by atoms with Crippen LogP contribution in [-0.2, 0) is 9.53 Å². The normalized spacial score (nSPS) is 18.4. The van der Waals surface area contributed by atoms with Gasteiger partial charge in [-0.25, -0.2) is 4.98 Å². The average molecular weight is 467 g/mol. The number of fused-ring (bicyclic) bond motifs is 1. The van der Waals surface area contributed by atoms with E-state index < -0.39 is 0 Å². The fourth-order valence-corrected chi connectivity index (χ4v) is 4.76. The van der Waals surface area contributed by atoms with E-state index in [9.17, 15) is 4.79 Å². The van der Waals surface area contributed by atoms with Gasteiger partial charge in [-0.05, 0) is 48.0 Å². The number of benzene rings is 2. The van der Waals surface area contributed by atoms with E-state index in [1.165, 1.54) is 11.8 Å². The maximum absolute atomic E-state index is 12.0. The molecule has 9 heteroatoms. The lowest BCUT2D eigenvalue weighted by Crippen LogP contribution is -2.38. The quantitative estimate of drug-likeness (QED) is 0.442. The average Bonchev–Trinajstić information content (AvgIpc) is 3.37. The number of nitrogens with one attached hydrogen (secondary N) is 1. The highest BCUT2D eigenvalue weighted by Crippen LogP contribution is 2.28. The third-order valence-corrected chi connectivity index (χ3v) is 6.57. The van der Waals surface area contributed by atoms with Gasteiger partial charge in [-0.3, -0.25) is 14.3 Å². The van der Waals surface area contributed by atoms with Crippen LogP contribution >= 0.6 is 24.0 Å². The Morgan fingerprint density at radius 2 is 2.00 bits per heavy atom. The Hall–Kier alpha value is -2.72. The number of hydrogen-bond acceptors (Lipinski definition) is 7. The molecular formula is C23H22N4O3S2. The van der Waals surface area contributed by atoms with Crippen LogP contribution in [0.15, 0.2) is 53.7 Å². The van der Waals surface area contributed by atoms with E-state index in [4.69, 9.17) is 21.7 Å². The van der Waals surface area contributed by atoms with Crippen LogP contribution in [0.3, 0.4) is 0 Å². The number of thiocarbonyl (C=S) groups is 1. The van der Waals surface area contributed by atoms with Crippen molar-refractivity contribution in [1.29, 1.82) is 0 Å². The Kier molecular flexibility index (Phi) is 6.22. The Bertz CT molecular complexity index is 1180. The number of carbonyl (C=O) groups excluding carboxylic acids is 1.